The Balaban J connectivity index is 2.05. The molecular formula is C12H26N4O. The SMILES string of the molecule is CCCN=C(NN)NCCOC1CCCCC1. The summed E-state index contributed by atoms with van der Waals surface area (Å²) in [5.41, 5.74) is 2.56. The Morgan fingerprint density at radius 2 is 2.12 bits per heavy atom. The molecule has 0 aromatic heterocycles. The third-order valence-electron chi connectivity index (χ3n) is 2.93. The number of nitrogens with two attached hydrogens (primary N) is 1. The number of guanidine groups is 1. The van der Waals surface area contributed by atoms with Gasteiger partial charge in [0.05, 0.1) is 12.7 Å². The highest BCUT2D eigenvalue weighted by Crippen LogP contribution is 2.19. The van der Waals surface area contributed by atoms with Crippen LogP contribution in [0.15, 0.2) is 4.99 Å². The summed E-state index contributed by atoms with van der Waals surface area (Å²) < 4.78 is 5.80. The first-order chi connectivity index (χ1) is 8.36. The summed E-state index contributed by atoms with van der Waals surface area (Å²) in [7, 11) is 0. The van der Waals surface area contributed by atoms with E-state index in [1.807, 2.05) is 0 Å². The van der Waals surface area contributed by atoms with Gasteiger partial charge >= 0.3 is 0 Å². The fourth-order valence-electron chi connectivity index (χ4n) is 2.00. The number of rotatable bonds is 6. The summed E-state index contributed by atoms with van der Waals surface area (Å²) in [5.74, 6) is 6.01. The summed E-state index contributed by atoms with van der Waals surface area (Å²) in [6.07, 6.45) is 7.90. The number of nitrogens with zero attached hydrogens (tertiary/aromatic N) is 1. The van der Waals surface area contributed by atoms with Gasteiger partial charge in [-0.3, -0.25) is 10.4 Å². The van der Waals surface area contributed by atoms with Crippen molar-refractivity contribution >= 4 is 5.96 Å². The third kappa shape index (κ3) is 6.48. The summed E-state index contributed by atoms with van der Waals surface area (Å²) in [6, 6.07) is 0. The molecule has 0 aromatic rings. The van der Waals surface area contributed by atoms with Crippen molar-refractivity contribution in [3.05, 3.63) is 0 Å². The van der Waals surface area contributed by atoms with E-state index < -0.39 is 0 Å². The van der Waals surface area contributed by atoms with Crippen LogP contribution in [0.3, 0.4) is 0 Å². The van der Waals surface area contributed by atoms with Crippen molar-refractivity contribution in [2.24, 2.45) is 10.8 Å². The van der Waals surface area contributed by atoms with Crippen LogP contribution in [-0.2, 0) is 4.74 Å². The van der Waals surface area contributed by atoms with Crippen molar-refractivity contribution in [1.29, 1.82) is 0 Å². The molecule has 1 rings (SSSR count). The predicted octanol–water partition coefficient (Wildman–Crippen LogP) is 1.15. The zero-order valence-electron chi connectivity index (χ0n) is 10.9. The fourth-order valence-corrected chi connectivity index (χ4v) is 2.00. The normalized spacial score (nSPS) is 18.1. The maximum atomic E-state index is 5.80. The Bertz CT molecular complexity index is 215. The van der Waals surface area contributed by atoms with Crippen LogP contribution in [0.5, 0.6) is 0 Å². The lowest BCUT2D eigenvalue weighted by Gasteiger charge is -2.22. The van der Waals surface area contributed by atoms with Gasteiger partial charge in [0.2, 0.25) is 5.96 Å². The largest absolute Gasteiger partial charge is 0.376 e. The highest BCUT2D eigenvalue weighted by Gasteiger charge is 2.12. The molecule has 4 N–H and O–H groups in total. The molecule has 0 saturated heterocycles. The van der Waals surface area contributed by atoms with Gasteiger partial charge in [-0.25, -0.2) is 5.84 Å². The maximum absolute atomic E-state index is 5.80. The van der Waals surface area contributed by atoms with E-state index >= 15 is 0 Å². The number of hydrogen-bond donors (Lipinski definition) is 3. The van der Waals surface area contributed by atoms with Gasteiger partial charge in [0.15, 0.2) is 0 Å². The first-order valence-electron chi connectivity index (χ1n) is 6.73. The Hall–Kier alpha value is -0.810. The Morgan fingerprint density at radius 1 is 1.35 bits per heavy atom. The molecule has 0 heterocycles. The molecule has 1 fully saturated rings. The van der Waals surface area contributed by atoms with Gasteiger partial charge in [0.1, 0.15) is 0 Å². The second-order valence-electron chi connectivity index (χ2n) is 4.43. The Morgan fingerprint density at radius 3 is 2.76 bits per heavy atom. The summed E-state index contributed by atoms with van der Waals surface area (Å²) >= 11 is 0. The minimum Gasteiger partial charge on any atom is -0.376 e. The second-order valence-corrected chi connectivity index (χ2v) is 4.43. The number of ether oxygens (including phenoxy) is 1. The third-order valence-corrected chi connectivity index (χ3v) is 2.93. The molecule has 17 heavy (non-hydrogen) atoms. The standard InChI is InChI=1S/C12H26N4O/c1-2-8-14-12(16-13)15-9-10-17-11-6-4-3-5-7-11/h11H,2-10,13H2,1H3,(H2,14,15,16). The van der Waals surface area contributed by atoms with Gasteiger partial charge in [0.25, 0.3) is 0 Å². The van der Waals surface area contributed by atoms with E-state index in [0.717, 1.165) is 26.1 Å². The molecule has 0 amide bonds. The first-order valence-corrected chi connectivity index (χ1v) is 6.73. The minimum atomic E-state index is 0.465. The molecule has 0 aromatic carbocycles. The van der Waals surface area contributed by atoms with Crippen LogP contribution in [-0.4, -0.2) is 31.8 Å². The maximum Gasteiger partial charge on any atom is 0.205 e. The molecule has 0 aliphatic heterocycles. The minimum absolute atomic E-state index is 0.465. The summed E-state index contributed by atoms with van der Waals surface area (Å²) in [4.78, 5) is 4.26. The molecule has 5 nitrogen and oxygen atoms in total. The van der Waals surface area contributed by atoms with E-state index in [-0.39, 0.29) is 0 Å². The second kappa shape index (κ2) is 9.24. The number of aliphatic imine (C=N–C) groups is 1. The van der Waals surface area contributed by atoms with E-state index in [0.29, 0.717) is 12.1 Å². The lowest BCUT2D eigenvalue weighted by atomic mass is 9.98. The van der Waals surface area contributed by atoms with Gasteiger partial charge in [-0.05, 0) is 19.3 Å². The van der Waals surface area contributed by atoms with Crippen LogP contribution in [0.4, 0.5) is 0 Å². The van der Waals surface area contributed by atoms with Crippen molar-refractivity contribution in [2.45, 2.75) is 51.6 Å². The van der Waals surface area contributed by atoms with E-state index in [2.05, 4.69) is 22.7 Å². The van der Waals surface area contributed by atoms with Crippen LogP contribution in [0, 0.1) is 0 Å². The molecule has 5 heteroatoms. The lowest BCUT2D eigenvalue weighted by molar-refractivity contribution is 0.0317. The molecule has 1 aliphatic rings. The average Bonchev–Trinajstić information content (AvgIpc) is 2.39. The van der Waals surface area contributed by atoms with Crippen LogP contribution in [0.2, 0.25) is 0 Å². The summed E-state index contributed by atoms with van der Waals surface area (Å²) in [6.45, 7) is 4.35. The molecule has 1 aliphatic carbocycles. The smallest absolute Gasteiger partial charge is 0.205 e. The van der Waals surface area contributed by atoms with Crippen molar-refractivity contribution < 1.29 is 4.74 Å². The highest BCUT2D eigenvalue weighted by atomic mass is 16.5. The van der Waals surface area contributed by atoms with Crippen LogP contribution < -0.4 is 16.6 Å². The van der Waals surface area contributed by atoms with Crippen LogP contribution in [0.25, 0.3) is 0 Å². The number of hydrazine groups is 1. The van der Waals surface area contributed by atoms with E-state index in [9.17, 15) is 0 Å². The number of hydrogen-bond acceptors (Lipinski definition) is 3. The first kappa shape index (κ1) is 14.3. The van der Waals surface area contributed by atoms with E-state index in [4.69, 9.17) is 10.6 Å². The Kier molecular flexibility index (Phi) is 7.75. The van der Waals surface area contributed by atoms with E-state index in [1.54, 1.807) is 0 Å². The molecule has 0 radical (unpaired) electrons. The van der Waals surface area contributed by atoms with Crippen molar-refractivity contribution in [1.82, 2.24) is 10.7 Å². The molecule has 0 bridgehead atoms. The van der Waals surface area contributed by atoms with Gasteiger partial charge in [-0.15, -0.1) is 0 Å². The molecule has 0 spiro atoms. The zero-order chi connectivity index (χ0) is 12.3. The number of nitrogens with one attached hydrogen (secondary N) is 2. The van der Waals surface area contributed by atoms with Crippen LogP contribution in [0.1, 0.15) is 45.4 Å². The monoisotopic (exact) mass is 242 g/mol. The Labute approximate surface area is 104 Å². The van der Waals surface area contributed by atoms with Gasteiger partial charge in [-0.1, -0.05) is 26.2 Å². The molecule has 1 saturated carbocycles. The highest BCUT2D eigenvalue weighted by molar-refractivity contribution is 5.79. The van der Waals surface area contributed by atoms with Crippen molar-refractivity contribution in [3.8, 4) is 0 Å². The molecule has 100 valence electrons. The fraction of sp³-hybridized carbons (Fsp3) is 0.917. The van der Waals surface area contributed by atoms with Gasteiger partial charge < -0.3 is 10.1 Å². The zero-order valence-corrected chi connectivity index (χ0v) is 10.9. The van der Waals surface area contributed by atoms with Gasteiger partial charge in [-0.2, -0.15) is 0 Å². The van der Waals surface area contributed by atoms with Crippen molar-refractivity contribution in [3.63, 3.8) is 0 Å². The predicted molar refractivity (Wildman–Crippen MR) is 70.7 cm³/mol. The van der Waals surface area contributed by atoms with Crippen LogP contribution >= 0.6 is 0 Å². The quantitative estimate of drug-likeness (QED) is 0.215. The lowest BCUT2D eigenvalue weighted by Crippen LogP contribution is -2.43. The van der Waals surface area contributed by atoms with E-state index in [1.165, 1.54) is 32.1 Å². The molecular weight excluding hydrogens is 216 g/mol. The topological polar surface area (TPSA) is 71.7 Å². The van der Waals surface area contributed by atoms with Crippen molar-refractivity contribution in [2.75, 3.05) is 19.7 Å². The molecule has 0 unspecified atom stereocenters. The molecule has 0 atom stereocenters. The summed E-state index contributed by atoms with van der Waals surface area (Å²) in [5, 5.41) is 3.13. The van der Waals surface area contributed by atoms with Gasteiger partial charge in [0, 0.05) is 13.1 Å². The average molecular weight is 242 g/mol.